The molecule has 1 aliphatic rings. The maximum Gasteiger partial charge on any atom is 0.166 e. The van der Waals surface area contributed by atoms with E-state index in [0.29, 0.717) is 17.4 Å². The summed E-state index contributed by atoms with van der Waals surface area (Å²) in [5, 5.41) is 0. The lowest BCUT2D eigenvalue weighted by atomic mass is 9.99. The lowest BCUT2D eigenvalue weighted by Crippen LogP contribution is -2.22. The molecule has 0 aliphatic carbocycles. The van der Waals surface area contributed by atoms with Gasteiger partial charge in [-0.1, -0.05) is 41.5 Å². The van der Waals surface area contributed by atoms with Crippen molar-refractivity contribution in [3.05, 3.63) is 94.3 Å². The topological polar surface area (TPSA) is 29.5 Å². The fraction of sp³-hybridized carbons (Fsp3) is 0.296. The second kappa shape index (κ2) is 9.03. The van der Waals surface area contributed by atoms with E-state index in [1.54, 1.807) is 6.07 Å². The molecule has 0 unspecified atom stereocenters. The van der Waals surface area contributed by atoms with Gasteiger partial charge in [-0.15, -0.1) is 0 Å². The van der Waals surface area contributed by atoms with E-state index in [1.807, 2.05) is 24.3 Å². The number of benzene rings is 3. The summed E-state index contributed by atoms with van der Waals surface area (Å²) in [5.41, 5.74) is 5.57. The summed E-state index contributed by atoms with van der Waals surface area (Å²) >= 11 is 0. The number of rotatable bonds is 6. The van der Waals surface area contributed by atoms with Crippen LogP contribution in [0.3, 0.4) is 0 Å². The lowest BCUT2D eigenvalue weighted by Gasteiger charge is -2.25. The molecule has 31 heavy (non-hydrogen) atoms. The van der Waals surface area contributed by atoms with Crippen molar-refractivity contribution < 1.29 is 13.9 Å². The third kappa shape index (κ3) is 5.02. The van der Waals surface area contributed by atoms with Crippen molar-refractivity contribution in [2.24, 2.45) is 0 Å². The largest absolute Gasteiger partial charge is 0.454 e. The van der Waals surface area contributed by atoms with Crippen LogP contribution in [0.5, 0.6) is 11.5 Å². The van der Waals surface area contributed by atoms with E-state index in [9.17, 15) is 9.18 Å². The van der Waals surface area contributed by atoms with Gasteiger partial charge in [0.1, 0.15) is 5.75 Å². The minimum absolute atomic E-state index is 0.118. The summed E-state index contributed by atoms with van der Waals surface area (Å²) in [7, 11) is 0. The van der Waals surface area contributed by atoms with E-state index in [-0.39, 0.29) is 11.5 Å². The molecule has 1 heterocycles. The zero-order chi connectivity index (χ0) is 22.0. The Balaban J connectivity index is 1.44. The zero-order valence-corrected chi connectivity index (χ0v) is 18.3. The van der Waals surface area contributed by atoms with E-state index >= 15 is 0 Å². The van der Waals surface area contributed by atoms with Crippen LogP contribution in [-0.2, 0) is 6.54 Å². The predicted molar refractivity (Wildman–Crippen MR) is 121 cm³/mol. The van der Waals surface area contributed by atoms with Gasteiger partial charge in [-0.3, -0.25) is 9.69 Å². The number of aryl methyl sites for hydroxylation is 2. The molecule has 4 heteroatoms. The number of ether oxygens (including phenoxy) is 1. The minimum atomic E-state index is -0.537. The number of Topliss-reactive ketones (excluding diaryl/α,β-unsaturated/α-hetero) is 1. The molecule has 1 aliphatic heterocycles. The molecule has 0 saturated carbocycles. The summed E-state index contributed by atoms with van der Waals surface area (Å²) in [4.78, 5) is 13.9. The second-order valence-corrected chi connectivity index (χ2v) is 8.50. The van der Waals surface area contributed by atoms with Gasteiger partial charge in [0, 0.05) is 18.2 Å². The third-order valence-corrected chi connectivity index (χ3v) is 5.87. The fourth-order valence-electron chi connectivity index (χ4n) is 4.42. The maximum atomic E-state index is 14.2. The first kappa shape index (κ1) is 21.3. The Kier molecular flexibility index (Phi) is 6.19. The highest BCUT2D eigenvalue weighted by Gasteiger charge is 2.26. The molecule has 0 N–H and O–H groups in total. The van der Waals surface area contributed by atoms with Gasteiger partial charge in [0.05, 0.1) is 0 Å². The van der Waals surface area contributed by atoms with Crippen LogP contribution in [0.2, 0.25) is 0 Å². The van der Waals surface area contributed by atoms with Gasteiger partial charge in [0.25, 0.3) is 0 Å². The SMILES string of the molecule is CC(=O)c1ccc(Oc2ccc(CN3CCC[C@H]3c3cc(C)cc(C)c3)cc2)c(F)c1. The van der Waals surface area contributed by atoms with Crippen LogP contribution in [0, 0.1) is 19.7 Å². The number of carbonyl (C=O) groups excluding carboxylic acids is 1. The van der Waals surface area contributed by atoms with Gasteiger partial charge >= 0.3 is 0 Å². The standard InChI is InChI=1S/C27H28FNO2/c1-18-13-19(2)15-23(14-18)26-5-4-12-29(26)17-21-6-9-24(10-7-21)31-27-11-8-22(20(3)30)16-25(27)28/h6-11,13-16,26H,4-5,12,17H2,1-3H3/t26-/m0/s1. The number of hydrogen-bond acceptors (Lipinski definition) is 3. The van der Waals surface area contributed by atoms with E-state index < -0.39 is 5.82 Å². The Morgan fingerprint density at radius 2 is 1.74 bits per heavy atom. The van der Waals surface area contributed by atoms with Gasteiger partial charge < -0.3 is 4.74 Å². The molecule has 0 aromatic heterocycles. The fourth-order valence-corrected chi connectivity index (χ4v) is 4.42. The summed E-state index contributed by atoms with van der Waals surface area (Å²) in [6, 6.07) is 19.4. The van der Waals surface area contributed by atoms with Crippen LogP contribution < -0.4 is 4.74 Å². The van der Waals surface area contributed by atoms with Gasteiger partial charge in [-0.2, -0.15) is 0 Å². The normalized spacial score (nSPS) is 16.5. The van der Waals surface area contributed by atoms with E-state index in [2.05, 4.69) is 36.9 Å². The number of hydrogen-bond donors (Lipinski definition) is 0. The number of likely N-dealkylation sites (tertiary alicyclic amines) is 1. The molecular formula is C27H28FNO2. The average molecular weight is 418 g/mol. The Labute approximate surface area is 183 Å². The number of ketones is 1. The van der Waals surface area contributed by atoms with Crippen molar-refractivity contribution in [2.75, 3.05) is 6.54 Å². The Morgan fingerprint density at radius 3 is 2.39 bits per heavy atom. The Bertz CT molecular complexity index is 1070. The van der Waals surface area contributed by atoms with Gasteiger partial charge in [0.2, 0.25) is 0 Å². The first-order chi connectivity index (χ1) is 14.9. The molecule has 3 aromatic rings. The first-order valence-electron chi connectivity index (χ1n) is 10.8. The molecule has 0 spiro atoms. The van der Waals surface area contributed by atoms with Crippen molar-refractivity contribution in [2.45, 2.75) is 46.2 Å². The zero-order valence-electron chi connectivity index (χ0n) is 18.3. The summed E-state index contributed by atoms with van der Waals surface area (Å²) in [5.74, 6) is -0.0151. The molecule has 3 nitrogen and oxygen atoms in total. The van der Waals surface area contributed by atoms with Crippen LogP contribution in [0.4, 0.5) is 4.39 Å². The van der Waals surface area contributed by atoms with Crippen LogP contribution in [0.1, 0.15) is 58.4 Å². The van der Waals surface area contributed by atoms with Crippen LogP contribution in [-0.4, -0.2) is 17.2 Å². The highest BCUT2D eigenvalue weighted by atomic mass is 19.1. The third-order valence-electron chi connectivity index (χ3n) is 5.87. The van der Waals surface area contributed by atoms with Gasteiger partial charge in [-0.05, 0) is 81.6 Å². The Morgan fingerprint density at radius 1 is 1.03 bits per heavy atom. The number of halogens is 1. The molecule has 4 rings (SSSR count). The van der Waals surface area contributed by atoms with Crippen molar-refractivity contribution in [1.82, 2.24) is 4.90 Å². The molecule has 0 radical (unpaired) electrons. The molecule has 1 atom stereocenters. The maximum absolute atomic E-state index is 14.2. The molecular weight excluding hydrogens is 389 g/mol. The van der Waals surface area contributed by atoms with Crippen LogP contribution in [0.25, 0.3) is 0 Å². The minimum Gasteiger partial charge on any atom is -0.454 e. The highest BCUT2D eigenvalue weighted by Crippen LogP contribution is 2.34. The molecule has 0 bridgehead atoms. The molecule has 1 fully saturated rings. The van der Waals surface area contributed by atoms with E-state index in [1.165, 1.54) is 54.2 Å². The van der Waals surface area contributed by atoms with Crippen molar-refractivity contribution >= 4 is 5.78 Å². The summed E-state index contributed by atoms with van der Waals surface area (Å²) in [6.45, 7) is 7.69. The van der Waals surface area contributed by atoms with E-state index in [4.69, 9.17) is 4.74 Å². The number of nitrogens with zero attached hydrogens (tertiary/aromatic N) is 1. The monoisotopic (exact) mass is 417 g/mol. The average Bonchev–Trinajstić information content (AvgIpc) is 3.18. The van der Waals surface area contributed by atoms with Gasteiger partial charge in [-0.25, -0.2) is 4.39 Å². The number of carbonyl (C=O) groups is 1. The molecule has 0 amide bonds. The molecule has 160 valence electrons. The predicted octanol–water partition coefficient (Wildman–Crippen LogP) is 6.77. The van der Waals surface area contributed by atoms with Crippen molar-refractivity contribution in [3.63, 3.8) is 0 Å². The first-order valence-corrected chi connectivity index (χ1v) is 10.8. The smallest absolute Gasteiger partial charge is 0.166 e. The molecule has 3 aromatic carbocycles. The van der Waals surface area contributed by atoms with Crippen LogP contribution >= 0.6 is 0 Å². The summed E-state index contributed by atoms with van der Waals surface area (Å²) < 4.78 is 19.9. The van der Waals surface area contributed by atoms with Gasteiger partial charge in [0.15, 0.2) is 17.3 Å². The lowest BCUT2D eigenvalue weighted by molar-refractivity contribution is 0.101. The van der Waals surface area contributed by atoms with E-state index in [0.717, 1.165) is 13.1 Å². The quantitative estimate of drug-likeness (QED) is 0.414. The Hall–Kier alpha value is -2.98. The van der Waals surface area contributed by atoms with Crippen LogP contribution in [0.15, 0.2) is 60.7 Å². The summed E-state index contributed by atoms with van der Waals surface area (Å²) in [6.07, 6.45) is 2.38. The highest BCUT2D eigenvalue weighted by molar-refractivity contribution is 5.94. The molecule has 1 saturated heterocycles. The van der Waals surface area contributed by atoms with Crippen molar-refractivity contribution in [3.8, 4) is 11.5 Å². The van der Waals surface area contributed by atoms with Crippen molar-refractivity contribution in [1.29, 1.82) is 0 Å². The second-order valence-electron chi connectivity index (χ2n) is 8.50.